The molecule has 0 spiro atoms. The Morgan fingerprint density at radius 3 is 2.83 bits per heavy atom. The molecule has 0 fully saturated rings. The average molecular weight is 162 g/mol. The largest absolute Gasteiger partial charge is 0.411 e. The Kier molecular flexibility index (Phi) is 2.70. The SMILES string of the molecule is [N-]=[N+]=Nc1ccccc1C=NO. The molecule has 0 heterocycles. The molecule has 1 aromatic carbocycles. The van der Waals surface area contributed by atoms with Crippen molar-refractivity contribution in [2.45, 2.75) is 0 Å². The summed E-state index contributed by atoms with van der Waals surface area (Å²) < 4.78 is 0. The lowest BCUT2D eigenvalue weighted by molar-refractivity contribution is 0.322. The average Bonchev–Trinajstić information content (AvgIpc) is 2.09. The first-order chi connectivity index (χ1) is 5.88. The van der Waals surface area contributed by atoms with E-state index >= 15 is 0 Å². The molecule has 0 radical (unpaired) electrons. The lowest BCUT2D eigenvalue weighted by atomic mass is 10.2. The van der Waals surface area contributed by atoms with Crippen LogP contribution in [0.25, 0.3) is 10.4 Å². The molecule has 0 aliphatic carbocycles. The Bertz CT molecular complexity index is 341. The molecule has 5 heteroatoms. The first-order valence-electron chi connectivity index (χ1n) is 3.20. The van der Waals surface area contributed by atoms with E-state index in [9.17, 15) is 0 Å². The molecule has 12 heavy (non-hydrogen) atoms. The highest BCUT2D eigenvalue weighted by Gasteiger charge is 1.94. The van der Waals surface area contributed by atoms with Crippen molar-refractivity contribution in [2.24, 2.45) is 10.3 Å². The molecule has 5 nitrogen and oxygen atoms in total. The van der Waals surface area contributed by atoms with Crippen molar-refractivity contribution < 1.29 is 5.21 Å². The predicted molar refractivity (Wildman–Crippen MR) is 44.6 cm³/mol. The van der Waals surface area contributed by atoms with Crippen molar-refractivity contribution in [3.8, 4) is 0 Å². The first kappa shape index (κ1) is 8.10. The van der Waals surface area contributed by atoms with Crippen LogP contribution in [0.1, 0.15) is 5.56 Å². The smallest absolute Gasteiger partial charge is 0.0738 e. The monoisotopic (exact) mass is 162 g/mol. The van der Waals surface area contributed by atoms with Crippen molar-refractivity contribution in [3.05, 3.63) is 40.3 Å². The Labute approximate surface area is 68.6 Å². The van der Waals surface area contributed by atoms with E-state index in [1.165, 1.54) is 6.21 Å². The quantitative estimate of drug-likeness (QED) is 0.178. The van der Waals surface area contributed by atoms with Gasteiger partial charge in [0.15, 0.2) is 0 Å². The molecule has 1 N–H and O–H groups in total. The second-order valence-corrected chi connectivity index (χ2v) is 1.99. The van der Waals surface area contributed by atoms with Gasteiger partial charge in [-0.15, -0.1) is 0 Å². The summed E-state index contributed by atoms with van der Waals surface area (Å²) in [6.45, 7) is 0. The number of azide groups is 1. The Morgan fingerprint density at radius 2 is 2.17 bits per heavy atom. The van der Waals surface area contributed by atoms with Gasteiger partial charge in [-0.1, -0.05) is 34.5 Å². The van der Waals surface area contributed by atoms with Gasteiger partial charge < -0.3 is 5.21 Å². The summed E-state index contributed by atoms with van der Waals surface area (Å²) in [5.41, 5.74) is 9.19. The van der Waals surface area contributed by atoms with Crippen LogP contribution in [0.3, 0.4) is 0 Å². The molecule has 0 bridgehead atoms. The minimum absolute atomic E-state index is 0.442. The molecule has 0 saturated heterocycles. The van der Waals surface area contributed by atoms with Crippen molar-refractivity contribution in [2.75, 3.05) is 0 Å². The van der Waals surface area contributed by atoms with Crippen molar-refractivity contribution in [3.63, 3.8) is 0 Å². The lowest BCUT2D eigenvalue weighted by Crippen LogP contribution is -1.79. The number of oxime groups is 1. The summed E-state index contributed by atoms with van der Waals surface area (Å²) >= 11 is 0. The topological polar surface area (TPSA) is 81.4 Å². The van der Waals surface area contributed by atoms with Crippen LogP contribution in [0.2, 0.25) is 0 Å². The zero-order valence-electron chi connectivity index (χ0n) is 6.12. The minimum atomic E-state index is 0.442. The second kappa shape index (κ2) is 4.00. The molecule has 1 aromatic rings. The summed E-state index contributed by atoms with van der Waals surface area (Å²) in [6, 6.07) is 6.81. The van der Waals surface area contributed by atoms with E-state index in [-0.39, 0.29) is 0 Å². The van der Waals surface area contributed by atoms with Crippen LogP contribution in [-0.4, -0.2) is 11.4 Å². The van der Waals surface area contributed by atoms with E-state index in [2.05, 4.69) is 15.2 Å². The normalized spacial score (nSPS) is 9.67. The van der Waals surface area contributed by atoms with E-state index in [4.69, 9.17) is 10.7 Å². The van der Waals surface area contributed by atoms with Gasteiger partial charge in [0.1, 0.15) is 0 Å². The number of hydrogen-bond donors (Lipinski definition) is 1. The van der Waals surface area contributed by atoms with Crippen LogP contribution >= 0.6 is 0 Å². The molecule has 60 valence electrons. The fraction of sp³-hybridized carbons (Fsp3) is 0. The minimum Gasteiger partial charge on any atom is -0.411 e. The molecule has 0 aliphatic rings. The number of rotatable bonds is 2. The van der Waals surface area contributed by atoms with Crippen molar-refractivity contribution in [1.82, 2.24) is 0 Å². The Hall–Kier alpha value is -2.00. The molecule has 0 aliphatic heterocycles. The van der Waals surface area contributed by atoms with Gasteiger partial charge in [0.2, 0.25) is 0 Å². The third kappa shape index (κ3) is 1.74. The number of hydrogen-bond acceptors (Lipinski definition) is 3. The van der Waals surface area contributed by atoms with Crippen molar-refractivity contribution >= 4 is 11.9 Å². The Balaban J connectivity index is 3.16. The molecule has 0 saturated carbocycles. The highest BCUT2D eigenvalue weighted by atomic mass is 16.4. The van der Waals surface area contributed by atoms with Gasteiger partial charge in [0.05, 0.1) is 6.21 Å². The third-order valence-corrected chi connectivity index (χ3v) is 1.29. The summed E-state index contributed by atoms with van der Waals surface area (Å²) in [5, 5.41) is 14.5. The molecular weight excluding hydrogens is 156 g/mol. The van der Waals surface area contributed by atoms with E-state index in [1.54, 1.807) is 24.3 Å². The van der Waals surface area contributed by atoms with Gasteiger partial charge in [-0.2, -0.15) is 0 Å². The van der Waals surface area contributed by atoms with Gasteiger partial charge in [0, 0.05) is 16.2 Å². The fourth-order valence-electron chi connectivity index (χ4n) is 0.798. The van der Waals surface area contributed by atoms with E-state index in [0.717, 1.165) is 0 Å². The number of benzene rings is 1. The molecule has 0 atom stereocenters. The van der Waals surface area contributed by atoms with Gasteiger partial charge in [-0.05, 0) is 5.53 Å². The van der Waals surface area contributed by atoms with E-state index in [0.29, 0.717) is 11.3 Å². The maximum Gasteiger partial charge on any atom is 0.0738 e. The summed E-state index contributed by atoms with van der Waals surface area (Å²) in [4.78, 5) is 2.63. The van der Waals surface area contributed by atoms with Crippen LogP contribution in [0.5, 0.6) is 0 Å². The molecular formula is C7H6N4O. The van der Waals surface area contributed by atoms with Crippen molar-refractivity contribution in [1.29, 1.82) is 0 Å². The maximum absolute atomic E-state index is 8.25. The van der Waals surface area contributed by atoms with Gasteiger partial charge in [-0.3, -0.25) is 0 Å². The first-order valence-corrected chi connectivity index (χ1v) is 3.20. The van der Waals surface area contributed by atoms with Crippen LogP contribution in [0.15, 0.2) is 34.5 Å². The number of nitrogens with zero attached hydrogens (tertiary/aromatic N) is 4. The van der Waals surface area contributed by atoms with Gasteiger partial charge in [-0.25, -0.2) is 0 Å². The summed E-state index contributed by atoms with van der Waals surface area (Å²) in [5.74, 6) is 0. The van der Waals surface area contributed by atoms with Crippen LogP contribution in [0.4, 0.5) is 5.69 Å². The zero-order chi connectivity index (χ0) is 8.81. The van der Waals surface area contributed by atoms with Crippen LogP contribution in [0, 0.1) is 0 Å². The van der Waals surface area contributed by atoms with E-state index in [1.807, 2.05) is 0 Å². The van der Waals surface area contributed by atoms with Crippen LogP contribution in [-0.2, 0) is 0 Å². The summed E-state index contributed by atoms with van der Waals surface area (Å²) in [6.07, 6.45) is 1.21. The standard InChI is InChI=1S/C7H6N4O/c8-11-10-7-4-2-1-3-6(7)5-9-12/h1-5,12H. The van der Waals surface area contributed by atoms with Gasteiger partial charge >= 0.3 is 0 Å². The highest BCUT2D eigenvalue weighted by Crippen LogP contribution is 2.16. The van der Waals surface area contributed by atoms with Crippen LogP contribution < -0.4 is 0 Å². The molecule has 0 unspecified atom stereocenters. The highest BCUT2D eigenvalue weighted by molar-refractivity contribution is 5.85. The summed E-state index contributed by atoms with van der Waals surface area (Å²) in [7, 11) is 0. The molecule has 1 rings (SSSR count). The van der Waals surface area contributed by atoms with E-state index < -0.39 is 0 Å². The molecule has 0 amide bonds. The zero-order valence-corrected chi connectivity index (χ0v) is 6.12. The second-order valence-electron chi connectivity index (χ2n) is 1.99. The maximum atomic E-state index is 8.25. The third-order valence-electron chi connectivity index (χ3n) is 1.29. The Morgan fingerprint density at radius 1 is 1.42 bits per heavy atom. The predicted octanol–water partition coefficient (Wildman–Crippen LogP) is 2.44. The fourth-order valence-corrected chi connectivity index (χ4v) is 0.798. The lowest BCUT2D eigenvalue weighted by Gasteiger charge is -1.94. The van der Waals surface area contributed by atoms with Gasteiger partial charge in [0.25, 0.3) is 0 Å². The molecule has 0 aromatic heterocycles.